The molecule has 1 saturated heterocycles. The van der Waals surface area contributed by atoms with Gasteiger partial charge in [0.2, 0.25) is 0 Å². The quantitative estimate of drug-likeness (QED) is 0.686. The van der Waals surface area contributed by atoms with Crippen molar-refractivity contribution < 1.29 is 0 Å². The molecule has 2 nitrogen and oxygen atoms in total. The molecule has 1 heterocycles. The van der Waals surface area contributed by atoms with E-state index >= 15 is 0 Å². The first-order valence-corrected chi connectivity index (χ1v) is 4.80. The van der Waals surface area contributed by atoms with Crippen molar-refractivity contribution in [1.29, 1.82) is 0 Å². The van der Waals surface area contributed by atoms with Gasteiger partial charge < -0.3 is 10.2 Å². The molecule has 1 rings (SSSR count). The Morgan fingerprint density at radius 1 is 1.67 bits per heavy atom. The first-order valence-electron chi connectivity index (χ1n) is 4.80. The average molecular weight is 168 g/mol. The van der Waals surface area contributed by atoms with Crippen LogP contribution in [0.25, 0.3) is 0 Å². The molecule has 70 valence electrons. The fraction of sp³-hybridized carbons (Fsp3) is 0.800. The second kappa shape index (κ2) is 4.51. The topological polar surface area (TPSA) is 15.3 Å². The van der Waals surface area contributed by atoms with E-state index < -0.39 is 0 Å². The Morgan fingerprint density at radius 2 is 2.42 bits per heavy atom. The fourth-order valence-electron chi connectivity index (χ4n) is 1.80. The standard InChI is InChI=1S/C10H20N2/c1-9(2)11-7-6-10-5-4-8-12(10)3/h10-11H,1,4-8H2,2-3H3. The van der Waals surface area contributed by atoms with Gasteiger partial charge in [0, 0.05) is 18.3 Å². The molecule has 0 amide bonds. The molecule has 1 fully saturated rings. The third-order valence-electron chi connectivity index (χ3n) is 2.58. The van der Waals surface area contributed by atoms with Crippen LogP contribution < -0.4 is 5.32 Å². The number of hydrogen-bond donors (Lipinski definition) is 1. The van der Waals surface area contributed by atoms with Gasteiger partial charge in [-0.3, -0.25) is 0 Å². The van der Waals surface area contributed by atoms with Crippen LogP contribution >= 0.6 is 0 Å². The van der Waals surface area contributed by atoms with Gasteiger partial charge in [0.15, 0.2) is 0 Å². The third kappa shape index (κ3) is 2.86. The molecule has 0 spiro atoms. The third-order valence-corrected chi connectivity index (χ3v) is 2.58. The number of likely N-dealkylation sites (tertiary alicyclic amines) is 1. The van der Waals surface area contributed by atoms with Crippen LogP contribution in [-0.2, 0) is 0 Å². The van der Waals surface area contributed by atoms with Crippen molar-refractivity contribution in [1.82, 2.24) is 10.2 Å². The van der Waals surface area contributed by atoms with Crippen molar-refractivity contribution in [2.24, 2.45) is 0 Å². The Bertz CT molecular complexity index is 154. The van der Waals surface area contributed by atoms with E-state index in [0.717, 1.165) is 18.3 Å². The zero-order valence-electron chi connectivity index (χ0n) is 8.27. The fourth-order valence-corrected chi connectivity index (χ4v) is 1.80. The highest BCUT2D eigenvalue weighted by molar-refractivity contribution is 4.85. The second-order valence-electron chi connectivity index (χ2n) is 3.77. The van der Waals surface area contributed by atoms with E-state index in [0.29, 0.717) is 0 Å². The summed E-state index contributed by atoms with van der Waals surface area (Å²) in [4.78, 5) is 2.46. The molecule has 1 unspecified atom stereocenters. The zero-order valence-corrected chi connectivity index (χ0v) is 8.27. The summed E-state index contributed by atoms with van der Waals surface area (Å²) in [6.07, 6.45) is 3.99. The van der Waals surface area contributed by atoms with Gasteiger partial charge in [-0.1, -0.05) is 6.58 Å². The van der Waals surface area contributed by atoms with Crippen molar-refractivity contribution in [3.05, 3.63) is 12.3 Å². The maximum atomic E-state index is 3.81. The van der Waals surface area contributed by atoms with Gasteiger partial charge >= 0.3 is 0 Å². The van der Waals surface area contributed by atoms with Gasteiger partial charge in [0.1, 0.15) is 0 Å². The maximum Gasteiger partial charge on any atom is 0.0158 e. The van der Waals surface area contributed by atoms with Gasteiger partial charge in [0.05, 0.1) is 0 Å². The Morgan fingerprint density at radius 3 is 2.92 bits per heavy atom. The number of allylic oxidation sites excluding steroid dienone is 1. The second-order valence-corrected chi connectivity index (χ2v) is 3.77. The highest BCUT2D eigenvalue weighted by Gasteiger charge is 2.19. The van der Waals surface area contributed by atoms with Crippen LogP contribution in [0.15, 0.2) is 12.3 Å². The molecule has 1 aliphatic rings. The van der Waals surface area contributed by atoms with Crippen molar-refractivity contribution in [3.63, 3.8) is 0 Å². The minimum Gasteiger partial charge on any atom is -0.389 e. The van der Waals surface area contributed by atoms with Crippen molar-refractivity contribution in [2.45, 2.75) is 32.2 Å². The Labute approximate surface area is 75.6 Å². The van der Waals surface area contributed by atoms with Crippen LogP contribution in [0.2, 0.25) is 0 Å². The number of nitrogens with zero attached hydrogens (tertiary/aromatic N) is 1. The van der Waals surface area contributed by atoms with Crippen molar-refractivity contribution >= 4 is 0 Å². The van der Waals surface area contributed by atoms with Gasteiger partial charge in [-0.25, -0.2) is 0 Å². The lowest BCUT2D eigenvalue weighted by Crippen LogP contribution is -2.28. The normalized spacial score (nSPS) is 24.3. The van der Waals surface area contributed by atoms with E-state index in [4.69, 9.17) is 0 Å². The summed E-state index contributed by atoms with van der Waals surface area (Å²) in [5, 5.41) is 3.27. The van der Waals surface area contributed by atoms with Gasteiger partial charge in [-0.15, -0.1) is 0 Å². The smallest absolute Gasteiger partial charge is 0.0158 e. The van der Waals surface area contributed by atoms with E-state index in [1.807, 2.05) is 6.92 Å². The van der Waals surface area contributed by atoms with Crippen LogP contribution in [0, 0.1) is 0 Å². The molecule has 0 aliphatic carbocycles. The van der Waals surface area contributed by atoms with E-state index in [9.17, 15) is 0 Å². The molecule has 1 atom stereocenters. The summed E-state index contributed by atoms with van der Waals surface area (Å²) in [7, 11) is 2.22. The highest BCUT2D eigenvalue weighted by atomic mass is 15.1. The van der Waals surface area contributed by atoms with Crippen LogP contribution in [0.5, 0.6) is 0 Å². The van der Waals surface area contributed by atoms with Crippen LogP contribution in [0.1, 0.15) is 26.2 Å². The molecular weight excluding hydrogens is 148 g/mol. The predicted octanol–water partition coefficient (Wildman–Crippen LogP) is 1.59. The monoisotopic (exact) mass is 168 g/mol. The minimum atomic E-state index is 0.803. The lowest BCUT2D eigenvalue weighted by atomic mass is 10.1. The van der Waals surface area contributed by atoms with Crippen LogP contribution in [0.3, 0.4) is 0 Å². The van der Waals surface area contributed by atoms with E-state index in [2.05, 4.69) is 23.8 Å². The molecule has 1 aliphatic heterocycles. The zero-order chi connectivity index (χ0) is 8.97. The highest BCUT2D eigenvalue weighted by Crippen LogP contribution is 2.16. The van der Waals surface area contributed by atoms with E-state index in [-0.39, 0.29) is 0 Å². The Hall–Kier alpha value is -0.500. The van der Waals surface area contributed by atoms with Gasteiger partial charge in [0.25, 0.3) is 0 Å². The Kier molecular flexibility index (Phi) is 3.60. The molecule has 0 bridgehead atoms. The molecule has 1 N–H and O–H groups in total. The van der Waals surface area contributed by atoms with E-state index in [1.54, 1.807) is 0 Å². The number of hydrogen-bond acceptors (Lipinski definition) is 2. The number of nitrogens with one attached hydrogen (secondary N) is 1. The molecule has 12 heavy (non-hydrogen) atoms. The van der Waals surface area contributed by atoms with E-state index in [1.165, 1.54) is 25.8 Å². The molecular formula is C10H20N2. The molecule has 2 heteroatoms. The summed E-state index contributed by atoms with van der Waals surface area (Å²) in [5.41, 5.74) is 1.08. The largest absolute Gasteiger partial charge is 0.389 e. The van der Waals surface area contributed by atoms with Crippen molar-refractivity contribution in [3.8, 4) is 0 Å². The SMILES string of the molecule is C=C(C)NCCC1CCCN1C. The average Bonchev–Trinajstić information content (AvgIpc) is 2.36. The van der Waals surface area contributed by atoms with Gasteiger partial charge in [-0.05, 0) is 39.8 Å². The minimum absolute atomic E-state index is 0.803. The number of rotatable bonds is 4. The van der Waals surface area contributed by atoms with Crippen molar-refractivity contribution in [2.75, 3.05) is 20.1 Å². The lowest BCUT2D eigenvalue weighted by molar-refractivity contribution is 0.296. The maximum absolute atomic E-state index is 3.81. The van der Waals surface area contributed by atoms with Gasteiger partial charge in [-0.2, -0.15) is 0 Å². The Balaban J connectivity index is 2.10. The molecule has 0 aromatic carbocycles. The summed E-state index contributed by atoms with van der Waals surface area (Å²) < 4.78 is 0. The summed E-state index contributed by atoms with van der Waals surface area (Å²) in [6, 6.07) is 0.803. The molecule has 0 aromatic heterocycles. The van der Waals surface area contributed by atoms with Crippen LogP contribution in [0.4, 0.5) is 0 Å². The van der Waals surface area contributed by atoms with Crippen LogP contribution in [-0.4, -0.2) is 31.1 Å². The first-order chi connectivity index (χ1) is 5.70. The first kappa shape index (κ1) is 9.59. The summed E-state index contributed by atoms with van der Waals surface area (Å²) in [6.45, 7) is 8.18. The lowest BCUT2D eigenvalue weighted by Gasteiger charge is -2.19. The summed E-state index contributed by atoms with van der Waals surface area (Å²) in [5.74, 6) is 0. The molecule has 0 saturated carbocycles. The molecule has 0 radical (unpaired) electrons. The predicted molar refractivity (Wildman–Crippen MR) is 53.1 cm³/mol. The summed E-state index contributed by atoms with van der Waals surface area (Å²) >= 11 is 0. The molecule has 0 aromatic rings.